The molecular formula is C19H32N2. The SMILES string of the molecule is CC1(C)CN(CCCc2ccccc2)C(C(C)(C)C)CN1. The Morgan fingerprint density at radius 2 is 1.86 bits per heavy atom. The van der Waals surface area contributed by atoms with Crippen molar-refractivity contribution in [3.8, 4) is 0 Å². The van der Waals surface area contributed by atoms with Crippen LogP contribution in [0.15, 0.2) is 30.3 Å². The van der Waals surface area contributed by atoms with Gasteiger partial charge >= 0.3 is 0 Å². The molecule has 1 aromatic carbocycles. The highest BCUT2D eigenvalue weighted by Crippen LogP contribution is 2.28. The molecule has 0 aromatic heterocycles. The van der Waals surface area contributed by atoms with E-state index in [9.17, 15) is 0 Å². The molecule has 1 aliphatic rings. The molecule has 0 amide bonds. The Hall–Kier alpha value is -0.860. The normalized spacial score (nSPS) is 23.2. The molecule has 0 spiro atoms. The predicted octanol–water partition coefficient (Wildman–Crippen LogP) is 3.72. The van der Waals surface area contributed by atoms with E-state index in [1.165, 1.54) is 24.9 Å². The Kier molecular flexibility index (Phi) is 5.11. The zero-order valence-electron chi connectivity index (χ0n) is 14.4. The van der Waals surface area contributed by atoms with Crippen LogP contribution < -0.4 is 5.32 Å². The molecule has 1 aromatic rings. The number of rotatable bonds is 4. The van der Waals surface area contributed by atoms with Gasteiger partial charge in [-0.25, -0.2) is 0 Å². The average Bonchev–Trinajstić information content (AvgIpc) is 2.37. The van der Waals surface area contributed by atoms with Gasteiger partial charge in [-0.2, -0.15) is 0 Å². The maximum atomic E-state index is 3.71. The third-order valence-corrected chi connectivity index (χ3v) is 4.57. The Labute approximate surface area is 130 Å². The molecule has 1 atom stereocenters. The molecule has 2 heteroatoms. The minimum absolute atomic E-state index is 0.231. The van der Waals surface area contributed by atoms with Gasteiger partial charge in [0, 0.05) is 24.7 Å². The van der Waals surface area contributed by atoms with E-state index < -0.39 is 0 Å². The first-order chi connectivity index (χ1) is 9.78. The van der Waals surface area contributed by atoms with Crippen molar-refractivity contribution >= 4 is 0 Å². The molecular weight excluding hydrogens is 256 g/mol. The van der Waals surface area contributed by atoms with Crippen LogP contribution in [0, 0.1) is 5.41 Å². The fourth-order valence-electron chi connectivity index (χ4n) is 3.40. The van der Waals surface area contributed by atoms with Crippen molar-refractivity contribution in [2.75, 3.05) is 19.6 Å². The maximum absolute atomic E-state index is 3.71. The van der Waals surface area contributed by atoms with Gasteiger partial charge in [0.2, 0.25) is 0 Å². The standard InChI is InChI=1S/C19H32N2/c1-18(2,3)17-14-20-19(4,5)15-21(17)13-9-12-16-10-7-6-8-11-16/h6-8,10-11,17,20H,9,12-15H2,1-5H3. The van der Waals surface area contributed by atoms with Gasteiger partial charge in [-0.05, 0) is 44.2 Å². The van der Waals surface area contributed by atoms with E-state index in [1.54, 1.807) is 0 Å². The summed E-state index contributed by atoms with van der Waals surface area (Å²) in [5.74, 6) is 0. The highest BCUT2D eigenvalue weighted by Gasteiger charge is 2.37. The van der Waals surface area contributed by atoms with Gasteiger partial charge in [-0.1, -0.05) is 51.1 Å². The molecule has 1 N–H and O–H groups in total. The molecule has 1 saturated heterocycles. The van der Waals surface area contributed by atoms with E-state index in [0.29, 0.717) is 11.5 Å². The van der Waals surface area contributed by atoms with E-state index in [-0.39, 0.29) is 5.54 Å². The molecule has 0 bridgehead atoms. The van der Waals surface area contributed by atoms with Crippen LogP contribution in [0.1, 0.15) is 46.6 Å². The maximum Gasteiger partial charge on any atom is 0.0270 e. The van der Waals surface area contributed by atoms with Crippen LogP contribution in [0.4, 0.5) is 0 Å². The summed E-state index contributed by atoms with van der Waals surface area (Å²) in [5.41, 5.74) is 2.02. The number of nitrogens with zero attached hydrogens (tertiary/aromatic N) is 1. The quantitative estimate of drug-likeness (QED) is 0.908. The molecule has 21 heavy (non-hydrogen) atoms. The molecule has 1 aliphatic heterocycles. The summed E-state index contributed by atoms with van der Waals surface area (Å²) >= 11 is 0. The lowest BCUT2D eigenvalue weighted by Crippen LogP contribution is -2.64. The van der Waals surface area contributed by atoms with Crippen molar-refractivity contribution in [2.24, 2.45) is 5.41 Å². The Balaban J connectivity index is 1.93. The second-order valence-corrected chi connectivity index (χ2v) is 8.21. The Bertz CT molecular complexity index is 431. The molecule has 1 fully saturated rings. The largest absolute Gasteiger partial charge is 0.309 e. The summed E-state index contributed by atoms with van der Waals surface area (Å²) in [4.78, 5) is 2.71. The van der Waals surface area contributed by atoms with E-state index >= 15 is 0 Å². The second kappa shape index (κ2) is 6.50. The van der Waals surface area contributed by atoms with Crippen molar-refractivity contribution in [1.29, 1.82) is 0 Å². The third kappa shape index (κ3) is 4.82. The molecule has 118 valence electrons. The minimum atomic E-state index is 0.231. The van der Waals surface area contributed by atoms with E-state index in [1.807, 2.05) is 0 Å². The van der Waals surface area contributed by atoms with Crippen LogP contribution in [0.5, 0.6) is 0 Å². The number of nitrogens with one attached hydrogen (secondary N) is 1. The molecule has 0 radical (unpaired) electrons. The van der Waals surface area contributed by atoms with Gasteiger partial charge in [0.15, 0.2) is 0 Å². The number of benzene rings is 1. The zero-order valence-corrected chi connectivity index (χ0v) is 14.4. The van der Waals surface area contributed by atoms with Gasteiger partial charge in [0.25, 0.3) is 0 Å². The monoisotopic (exact) mass is 288 g/mol. The van der Waals surface area contributed by atoms with E-state index in [2.05, 4.69) is 75.2 Å². The van der Waals surface area contributed by atoms with E-state index in [4.69, 9.17) is 0 Å². The fourth-order valence-corrected chi connectivity index (χ4v) is 3.40. The lowest BCUT2D eigenvalue weighted by molar-refractivity contribution is 0.0326. The van der Waals surface area contributed by atoms with Crippen molar-refractivity contribution in [3.63, 3.8) is 0 Å². The number of aryl methyl sites for hydroxylation is 1. The Morgan fingerprint density at radius 3 is 2.48 bits per heavy atom. The highest BCUT2D eigenvalue weighted by molar-refractivity contribution is 5.14. The van der Waals surface area contributed by atoms with Gasteiger partial charge in [0.05, 0.1) is 0 Å². The molecule has 0 saturated carbocycles. The second-order valence-electron chi connectivity index (χ2n) is 8.21. The molecule has 2 nitrogen and oxygen atoms in total. The van der Waals surface area contributed by atoms with Crippen LogP contribution in [0.25, 0.3) is 0 Å². The van der Waals surface area contributed by atoms with E-state index in [0.717, 1.165) is 13.1 Å². The van der Waals surface area contributed by atoms with Gasteiger partial charge in [-0.3, -0.25) is 4.90 Å². The molecule has 1 heterocycles. The smallest absolute Gasteiger partial charge is 0.0270 e. The number of hydrogen-bond donors (Lipinski definition) is 1. The summed E-state index contributed by atoms with van der Waals surface area (Å²) in [5, 5.41) is 3.71. The molecule has 1 unspecified atom stereocenters. The van der Waals surface area contributed by atoms with Crippen molar-refractivity contribution < 1.29 is 0 Å². The topological polar surface area (TPSA) is 15.3 Å². The van der Waals surface area contributed by atoms with Crippen molar-refractivity contribution in [2.45, 2.75) is 59.0 Å². The highest BCUT2D eigenvalue weighted by atomic mass is 15.3. The summed E-state index contributed by atoms with van der Waals surface area (Å²) in [6, 6.07) is 11.5. The average molecular weight is 288 g/mol. The minimum Gasteiger partial charge on any atom is -0.309 e. The predicted molar refractivity (Wildman–Crippen MR) is 91.7 cm³/mol. The van der Waals surface area contributed by atoms with Crippen LogP contribution in [0.2, 0.25) is 0 Å². The summed E-state index contributed by atoms with van der Waals surface area (Å²) in [6.07, 6.45) is 2.43. The summed E-state index contributed by atoms with van der Waals surface area (Å²) < 4.78 is 0. The van der Waals surface area contributed by atoms with Crippen LogP contribution >= 0.6 is 0 Å². The van der Waals surface area contributed by atoms with Crippen molar-refractivity contribution in [1.82, 2.24) is 10.2 Å². The molecule has 0 aliphatic carbocycles. The third-order valence-electron chi connectivity index (χ3n) is 4.57. The first-order valence-corrected chi connectivity index (χ1v) is 8.31. The summed E-state index contributed by atoms with van der Waals surface area (Å²) in [6.45, 7) is 15.2. The first-order valence-electron chi connectivity index (χ1n) is 8.31. The van der Waals surface area contributed by atoms with Gasteiger partial charge in [-0.15, -0.1) is 0 Å². The first kappa shape index (κ1) is 16.5. The van der Waals surface area contributed by atoms with Gasteiger partial charge < -0.3 is 5.32 Å². The van der Waals surface area contributed by atoms with Crippen LogP contribution in [0.3, 0.4) is 0 Å². The van der Waals surface area contributed by atoms with Crippen molar-refractivity contribution in [3.05, 3.63) is 35.9 Å². The van der Waals surface area contributed by atoms with Crippen LogP contribution in [-0.4, -0.2) is 36.1 Å². The van der Waals surface area contributed by atoms with Gasteiger partial charge in [0.1, 0.15) is 0 Å². The van der Waals surface area contributed by atoms with Crippen LogP contribution in [-0.2, 0) is 6.42 Å². The lowest BCUT2D eigenvalue weighted by Gasteiger charge is -2.49. The zero-order chi connectivity index (χ0) is 15.5. The molecule has 2 rings (SSSR count). The fraction of sp³-hybridized carbons (Fsp3) is 0.684. The summed E-state index contributed by atoms with van der Waals surface area (Å²) in [7, 11) is 0. The lowest BCUT2D eigenvalue weighted by atomic mass is 9.82. The number of hydrogen-bond acceptors (Lipinski definition) is 2. The Morgan fingerprint density at radius 1 is 1.19 bits per heavy atom. The number of piperazine rings is 1.